The average molecular weight is 352 g/mol. The highest BCUT2D eigenvalue weighted by Crippen LogP contribution is 2.39. The van der Waals surface area contributed by atoms with Crippen molar-refractivity contribution >= 4 is 34.7 Å². The Morgan fingerprint density at radius 1 is 1.42 bits per heavy atom. The minimum atomic E-state index is -0.748. The molecule has 1 heterocycles. The minimum absolute atomic E-state index is 0.0827. The number of rotatable bonds is 6. The molecule has 24 heavy (non-hydrogen) atoms. The summed E-state index contributed by atoms with van der Waals surface area (Å²) in [6.07, 6.45) is 2.94. The number of thioether (sulfide) groups is 1. The first-order valence-electron chi connectivity index (χ1n) is 7.19. The largest absolute Gasteiger partial charge is 0.500 e. The van der Waals surface area contributed by atoms with Crippen molar-refractivity contribution < 1.29 is 24.4 Å². The monoisotopic (exact) mass is 352 g/mol. The van der Waals surface area contributed by atoms with Gasteiger partial charge in [0.05, 0.1) is 16.9 Å². The van der Waals surface area contributed by atoms with E-state index in [1.807, 2.05) is 6.92 Å². The molecule has 0 atom stereocenters. The topological polar surface area (TPSA) is 110 Å². The highest BCUT2D eigenvalue weighted by Gasteiger charge is 2.34. The number of methoxy groups -OCH3 is 1. The van der Waals surface area contributed by atoms with E-state index >= 15 is 0 Å². The van der Waals surface area contributed by atoms with Crippen LogP contribution in [0.25, 0.3) is 6.08 Å². The zero-order valence-electron chi connectivity index (χ0n) is 13.1. The number of hydrogen-bond acceptors (Lipinski definition) is 7. The van der Waals surface area contributed by atoms with Gasteiger partial charge in [0.2, 0.25) is 5.75 Å². The first kappa shape index (κ1) is 17.8. The summed E-state index contributed by atoms with van der Waals surface area (Å²) in [5.74, 6) is -1.09. The van der Waals surface area contributed by atoms with Gasteiger partial charge in [-0.3, -0.25) is 24.6 Å². The molecule has 1 N–H and O–H groups in total. The maximum atomic E-state index is 12.3. The summed E-state index contributed by atoms with van der Waals surface area (Å²) >= 11 is 0.784. The molecule has 2 rings (SSSR count). The number of ether oxygens (including phenoxy) is 1. The number of nitro groups is 1. The van der Waals surface area contributed by atoms with E-state index in [0.717, 1.165) is 29.1 Å². The minimum Gasteiger partial charge on any atom is -0.500 e. The second kappa shape index (κ2) is 7.35. The molecule has 1 aliphatic heterocycles. The van der Waals surface area contributed by atoms with Gasteiger partial charge < -0.3 is 9.84 Å². The van der Waals surface area contributed by atoms with E-state index in [0.29, 0.717) is 13.0 Å². The van der Waals surface area contributed by atoms with Crippen LogP contribution in [0.2, 0.25) is 0 Å². The lowest BCUT2D eigenvalue weighted by atomic mass is 10.1. The summed E-state index contributed by atoms with van der Waals surface area (Å²) in [5.41, 5.74) is -0.247. The predicted molar refractivity (Wildman–Crippen MR) is 88.9 cm³/mol. The normalized spacial score (nSPS) is 16.1. The molecular formula is C15H16N2O6S. The van der Waals surface area contributed by atoms with Gasteiger partial charge in [-0.25, -0.2) is 0 Å². The Kier molecular flexibility index (Phi) is 5.45. The van der Waals surface area contributed by atoms with E-state index in [1.54, 1.807) is 0 Å². The van der Waals surface area contributed by atoms with Crippen LogP contribution < -0.4 is 4.74 Å². The number of imide groups is 1. The van der Waals surface area contributed by atoms with Crippen LogP contribution in [0.1, 0.15) is 25.3 Å². The molecule has 0 spiro atoms. The van der Waals surface area contributed by atoms with Crippen LogP contribution in [0.15, 0.2) is 17.0 Å². The van der Waals surface area contributed by atoms with Gasteiger partial charge in [-0.15, -0.1) is 0 Å². The van der Waals surface area contributed by atoms with Crippen molar-refractivity contribution in [2.45, 2.75) is 19.8 Å². The zero-order valence-corrected chi connectivity index (χ0v) is 14.0. The SMILES string of the molecule is CCCCN1C(=O)S/C(=C\c2cc(OC)c(O)c([N+](=O)[O-])c2)C1=O. The van der Waals surface area contributed by atoms with Crippen LogP contribution in [-0.2, 0) is 4.79 Å². The van der Waals surface area contributed by atoms with E-state index in [4.69, 9.17) is 4.74 Å². The van der Waals surface area contributed by atoms with E-state index in [1.165, 1.54) is 19.3 Å². The zero-order chi connectivity index (χ0) is 17.9. The standard InChI is InChI=1S/C15H16N2O6S/c1-3-4-5-16-14(19)12(24-15(16)20)8-9-6-10(17(21)22)13(18)11(7-9)23-2/h6-8,18H,3-5H2,1-2H3/b12-8-. The summed E-state index contributed by atoms with van der Waals surface area (Å²) in [6.45, 7) is 2.30. The Labute approximate surface area is 142 Å². The summed E-state index contributed by atoms with van der Waals surface area (Å²) in [4.78, 5) is 35.8. The van der Waals surface area contributed by atoms with Crippen molar-refractivity contribution in [3.8, 4) is 11.5 Å². The van der Waals surface area contributed by atoms with Crippen LogP contribution in [0.3, 0.4) is 0 Å². The Balaban J connectivity index is 2.38. The molecule has 0 saturated carbocycles. The molecular weight excluding hydrogens is 336 g/mol. The van der Waals surface area contributed by atoms with Crippen LogP contribution in [0.5, 0.6) is 11.5 Å². The highest BCUT2D eigenvalue weighted by molar-refractivity contribution is 8.18. The molecule has 0 bridgehead atoms. The van der Waals surface area contributed by atoms with Crippen molar-refractivity contribution in [1.82, 2.24) is 4.90 Å². The number of phenols is 1. The third kappa shape index (κ3) is 3.51. The third-order valence-electron chi connectivity index (χ3n) is 3.40. The fraction of sp³-hybridized carbons (Fsp3) is 0.333. The van der Waals surface area contributed by atoms with E-state index in [9.17, 15) is 24.8 Å². The van der Waals surface area contributed by atoms with Gasteiger partial charge in [0.25, 0.3) is 11.1 Å². The molecule has 1 aliphatic rings. The lowest BCUT2D eigenvalue weighted by molar-refractivity contribution is -0.386. The van der Waals surface area contributed by atoms with Crippen molar-refractivity contribution in [1.29, 1.82) is 0 Å². The number of unbranched alkanes of at least 4 members (excludes halogenated alkanes) is 1. The smallest absolute Gasteiger partial charge is 0.315 e. The fourth-order valence-corrected chi connectivity index (χ4v) is 3.02. The van der Waals surface area contributed by atoms with Gasteiger partial charge >= 0.3 is 5.69 Å². The van der Waals surface area contributed by atoms with Crippen LogP contribution in [0.4, 0.5) is 10.5 Å². The summed E-state index contributed by atoms with van der Waals surface area (Å²) in [5, 5.41) is 20.4. The number of benzene rings is 1. The van der Waals surface area contributed by atoms with E-state index < -0.39 is 22.3 Å². The summed E-state index contributed by atoms with van der Waals surface area (Å²) < 4.78 is 4.91. The van der Waals surface area contributed by atoms with Crippen LogP contribution in [-0.4, -0.2) is 39.7 Å². The number of carbonyl (C=O) groups excluding carboxylic acids is 2. The van der Waals surface area contributed by atoms with Gasteiger partial charge in [-0.05, 0) is 35.9 Å². The summed E-state index contributed by atoms with van der Waals surface area (Å²) in [6, 6.07) is 2.49. The quantitative estimate of drug-likeness (QED) is 0.475. The van der Waals surface area contributed by atoms with Gasteiger partial charge in [0.1, 0.15) is 0 Å². The number of hydrogen-bond donors (Lipinski definition) is 1. The van der Waals surface area contributed by atoms with Gasteiger partial charge in [0.15, 0.2) is 5.75 Å². The number of aromatic hydroxyl groups is 1. The third-order valence-corrected chi connectivity index (χ3v) is 4.31. The first-order valence-corrected chi connectivity index (χ1v) is 8.01. The van der Waals surface area contributed by atoms with Crippen molar-refractivity contribution in [3.05, 3.63) is 32.7 Å². The Bertz CT molecular complexity index is 731. The fourth-order valence-electron chi connectivity index (χ4n) is 2.15. The number of phenolic OH excluding ortho intramolecular Hbond substituents is 1. The number of nitrogens with zero attached hydrogens (tertiary/aromatic N) is 2. The van der Waals surface area contributed by atoms with Gasteiger partial charge in [-0.2, -0.15) is 0 Å². The van der Waals surface area contributed by atoms with Crippen LogP contribution in [0, 0.1) is 10.1 Å². The molecule has 0 aromatic heterocycles. The molecule has 1 aromatic carbocycles. The lowest BCUT2D eigenvalue weighted by Crippen LogP contribution is -2.29. The Morgan fingerprint density at radius 3 is 2.71 bits per heavy atom. The maximum Gasteiger partial charge on any atom is 0.315 e. The van der Waals surface area contributed by atoms with Crippen molar-refractivity contribution in [2.75, 3.05) is 13.7 Å². The molecule has 1 saturated heterocycles. The van der Waals surface area contributed by atoms with E-state index in [-0.39, 0.29) is 21.5 Å². The second-order valence-corrected chi connectivity index (χ2v) is 6.03. The molecule has 0 unspecified atom stereocenters. The van der Waals surface area contributed by atoms with Gasteiger partial charge in [-0.1, -0.05) is 13.3 Å². The number of amides is 2. The van der Waals surface area contributed by atoms with E-state index in [2.05, 4.69) is 0 Å². The molecule has 0 aliphatic carbocycles. The Hall–Kier alpha value is -2.55. The lowest BCUT2D eigenvalue weighted by Gasteiger charge is -2.10. The molecule has 8 nitrogen and oxygen atoms in total. The predicted octanol–water partition coefficient (Wildman–Crippen LogP) is 3.15. The number of carbonyl (C=O) groups is 2. The molecule has 1 aromatic rings. The van der Waals surface area contributed by atoms with Crippen molar-refractivity contribution in [2.24, 2.45) is 0 Å². The molecule has 9 heteroatoms. The summed E-state index contributed by atoms with van der Waals surface area (Å²) in [7, 11) is 1.27. The molecule has 0 radical (unpaired) electrons. The number of nitro benzene ring substituents is 1. The average Bonchev–Trinajstić information content (AvgIpc) is 2.80. The molecule has 1 fully saturated rings. The second-order valence-electron chi connectivity index (χ2n) is 5.03. The maximum absolute atomic E-state index is 12.3. The molecule has 128 valence electrons. The first-order chi connectivity index (χ1) is 11.4. The highest BCUT2D eigenvalue weighted by atomic mass is 32.2. The van der Waals surface area contributed by atoms with Crippen LogP contribution >= 0.6 is 11.8 Å². The van der Waals surface area contributed by atoms with Crippen molar-refractivity contribution in [3.63, 3.8) is 0 Å². The Morgan fingerprint density at radius 2 is 2.12 bits per heavy atom. The van der Waals surface area contributed by atoms with Gasteiger partial charge in [0, 0.05) is 12.6 Å². The molecule has 2 amide bonds.